The van der Waals surface area contributed by atoms with Crippen molar-refractivity contribution in [3.05, 3.63) is 75.6 Å². The van der Waals surface area contributed by atoms with E-state index in [1.54, 1.807) is 24.3 Å². The second-order valence-electron chi connectivity index (χ2n) is 5.52. The van der Waals surface area contributed by atoms with Gasteiger partial charge in [-0.15, -0.1) is 0 Å². The van der Waals surface area contributed by atoms with Crippen molar-refractivity contribution in [3.63, 3.8) is 0 Å². The standard InChI is InChI=1S/C18H15N3O5/c22-9-12-3-1-2-4-16(12)17-8-14(21(25)26)5-6-18(17)20-15(11-24)7-13(10-23)19-20/h1-9,23-24H,10-11H2. The molecular weight excluding hydrogens is 338 g/mol. The van der Waals surface area contributed by atoms with Crippen LogP contribution in [-0.2, 0) is 13.2 Å². The van der Waals surface area contributed by atoms with Gasteiger partial charge in [-0.3, -0.25) is 14.9 Å². The summed E-state index contributed by atoms with van der Waals surface area (Å²) in [6.07, 6.45) is 0.674. The Balaban J connectivity index is 2.31. The van der Waals surface area contributed by atoms with E-state index in [4.69, 9.17) is 0 Å². The molecule has 2 N–H and O–H groups in total. The average molecular weight is 353 g/mol. The quantitative estimate of drug-likeness (QED) is 0.398. The van der Waals surface area contributed by atoms with E-state index in [0.29, 0.717) is 40.1 Å². The molecule has 0 saturated heterocycles. The zero-order valence-corrected chi connectivity index (χ0v) is 13.6. The van der Waals surface area contributed by atoms with Crippen molar-refractivity contribution in [2.75, 3.05) is 0 Å². The lowest BCUT2D eigenvalue weighted by Gasteiger charge is -2.13. The zero-order valence-electron chi connectivity index (χ0n) is 13.6. The molecule has 3 rings (SSSR count). The minimum absolute atomic E-state index is 0.135. The first-order valence-electron chi connectivity index (χ1n) is 7.72. The number of carbonyl (C=O) groups excluding carboxylic acids is 1. The number of non-ortho nitro benzene ring substituents is 1. The van der Waals surface area contributed by atoms with Crippen LogP contribution in [0.4, 0.5) is 5.69 Å². The number of nitro benzene ring substituents is 1. The van der Waals surface area contributed by atoms with Crippen LogP contribution in [-0.4, -0.2) is 31.2 Å². The number of nitro groups is 1. The molecule has 0 atom stereocenters. The van der Waals surface area contributed by atoms with Gasteiger partial charge in [0.2, 0.25) is 0 Å². The molecule has 2 aromatic carbocycles. The fraction of sp³-hybridized carbons (Fsp3) is 0.111. The lowest BCUT2D eigenvalue weighted by molar-refractivity contribution is -0.384. The first kappa shape index (κ1) is 17.5. The summed E-state index contributed by atoms with van der Waals surface area (Å²) in [5, 5.41) is 34.3. The number of hydrogen-bond donors (Lipinski definition) is 2. The Kier molecular flexibility index (Phi) is 4.87. The predicted octanol–water partition coefficient (Wildman–Crippen LogP) is 2.24. The molecule has 0 aliphatic heterocycles. The molecule has 3 aromatic rings. The highest BCUT2D eigenvalue weighted by atomic mass is 16.6. The topological polar surface area (TPSA) is 118 Å². The van der Waals surface area contributed by atoms with Gasteiger partial charge in [0, 0.05) is 23.3 Å². The zero-order chi connectivity index (χ0) is 18.7. The van der Waals surface area contributed by atoms with Gasteiger partial charge in [0.15, 0.2) is 6.29 Å². The van der Waals surface area contributed by atoms with Crippen molar-refractivity contribution in [1.82, 2.24) is 9.78 Å². The van der Waals surface area contributed by atoms with Crippen molar-refractivity contribution >= 4 is 12.0 Å². The molecule has 0 amide bonds. The Morgan fingerprint density at radius 3 is 2.50 bits per heavy atom. The number of aromatic nitrogens is 2. The number of carbonyl (C=O) groups is 1. The fourth-order valence-corrected chi connectivity index (χ4v) is 2.76. The van der Waals surface area contributed by atoms with Crippen LogP contribution in [0.25, 0.3) is 16.8 Å². The van der Waals surface area contributed by atoms with Gasteiger partial charge >= 0.3 is 0 Å². The number of benzene rings is 2. The van der Waals surface area contributed by atoms with Crippen LogP contribution < -0.4 is 0 Å². The van der Waals surface area contributed by atoms with E-state index in [0.717, 1.165) is 0 Å². The predicted molar refractivity (Wildman–Crippen MR) is 92.9 cm³/mol. The summed E-state index contributed by atoms with van der Waals surface area (Å²) in [7, 11) is 0. The summed E-state index contributed by atoms with van der Waals surface area (Å²) in [6, 6.07) is 12.4. The van der Waals surface area contributed by atoms with Crippen LogP contribution in [0.1, 0.15) is 21.7 Å². The minimum atomic E-state index is -0.522. The fourth-order valence-electron chi connectivity index (χ4n) is 2.76. The van der Waals surface area contributed by atoms with Crippen molar-refractivity contribution in [1.29, 1.82) is 0 Å². The molecular formula is C18H15N3O5. The molecule has 132 valence electrons. The van der Waals surface area contributed by atoms with E-state index >= 15 is 0 Å². The molecule has 8 nitrogen and oxygen atoms in total. The highest BCUT2D eigenvalue weighted by Crippen LogP contribution is 2.33. The molecule has 0 saturated carbocycles. The third-order valence-corrected chi connectivity index (χ3v) is 3.95. The third-order valence-electron chi connectivity index (χ3n) is 3.95. The van der Waals surface area contributed by atoms with Crippen LogP contribution in [0.15, 0.2) is 48.5 Å². The number of nitrogens with zero attached hydrogens (tertiary/aromatic N) is 3. The maximum atomic E-state index is 11.4. The molecule has 0 aliphatic carbocycles. The van der Waals surface area contributed by atoms with Gasteiger partial charge in [-0.25, -0.2) is 4.68 Å². The van der Waals surface area contributed by atoms with E-state index < -0.39 is 4.92 Å². The maximum Gasteiger partial charge on any atom is 0.270 e. The lowest BCUT2D eigenvalue weighted by Crippen LogP contribution is -2.06. The van der Waals surface area contributed by atoms with Crippen molar-refractivity contribution in [3.8, 4) is 16.8 Å². The van der Waals surface area contributed by atoms with E-state index in [1.807, 2.05) is 0 Å². The van der Waals surface area contributed by atoms with Crippen LogP contribution in [0.3, 0.4) is 0 Å². The monoisotopic (exact) mass is 353 g/mol. The van der Waals surface area contributed by atoms with E-state index in [9.17, 15) is 25.1 Å². The van der Waals surface area contributed by atoms with E-state index in [-0.39, 0.29) is 18.9 Å². The van der Waals surface area contributed by atoms with Gasteiger partial charge < -0.3 is 10.2 Å². The molecule has 0 unspecified atom stereocenters. The average Bonchev–Trinajstić information content (AvgIpc) is 3.10. The summed E-state index contributed by atoms with van der Waals surface area (Å²) < 4.78 is 1.41. The van der Waals surface area contributed by atoms with Crippen molar-refractivity contribution in [2.24, 2.45) is 0 Å². The van der Waals surface area contributed by atoms with Gasteiger partial charge in [0.25, 0.3) is 5.69 Å². The van der Waals surface area contributed by atoms with Crippen LogP contribution in [0, 0.1) is 10.1 Å². The Hall–Kier alpha value is -3.36. The van der Waals surface area contributed by atoms with Gasteiger partial charge in [0.1, 0.15) is 0 Å². The molecule has 1 heterocycles. The third kappa shape index (κ3) is 3.10. The largest absolute Gasteiger partial charge is 0.390 e. The van der Waals surface area contributed by atoms with Crippen LogP contribution in [0.2, 0.25) is 0 Å². The minimum Gasteiger partial charge on any atom is -0.390 e. The van der Waals surface area contributed by atoms with Gasteiger partial charge in [-0.2, -0.15) is 5.10 Å². The first-order valence-corrected chi connectivity index (χ1v) is 7.72. The highest BCUT2D eigenvalue weighted by molar-refractivity contribution is 5.90. The Morgan fingerprint density at radius 2 is 1.85 bits per heavy atom. The van der Waals surface area contributed by atoms with Gasteiger partial charge in [-0.1, -0.05) is 24.3 Å². The number of rotatable bonds is 6. The molecule has 0 spiro atoms. The number of aliphatic hydroxyl groups is 2. The summed E-state index contributed by atoms with van der Waals surface area (Å²) >= 11 is 0. The van der Waals surface area contributed by atoms with Gasteiger partial charge in [-0.05, 0) is 17.7 Å². The second kappa shape index (κ2) is 7.26. The molecule has 26 heavy (non-hydrogen) atoms. The van der Waals surface area contributed by atoms with Gasteiger partial charge in [0.05, 0.1) is 35.2 Å². The van der Waals surface area contributed by atoms with E-state index in [1.165, 1.54) is 28.9 Å². The number of aldehydes is 1. The Morgan fingerprint density at radius 1 is 1.08 bits per heavy atom. The van der Waals surface area contributed by atoms with Crippen molar-refractivity contribution in [2.45, 2.75) is 13.2 Å². The van der Waals surface area contributed by atoms with Crippen LogP contribution >= 0.6 is 0 Å². The summed E-state index contributed by atoms with van der Waals surface area (Å²) in [5.74, 6) is 0. The molecule has 0 radical (unpaired) electrons. The molecule has 0 fully saturated rings. The molecule has 0 bridgehead atoms. The SMILES string of the molecule is O=Cc1ccccc1-c1cc([N+](=O)[O-])ccc1-n1nc(CO)cc1CO. The first-order chi connectivity index (χ1) is 12.6. The molecule has 8 heteroatoms. The highest BCUT2D eigenvalue weighted by Gasteiger charge is 2.18. The second-order valence-corrected chi connectivity index (χ2v) is 5.52. The Labute approximate surface area is 148 Å². The molecule has 0 aliphatic rings. The molecule has 1 aromatic heterocycles. The smallest absolute Gasteiger partial charge is 0.270 e. The number of aliphatic hydroxyl groups excluding tert-OH is 2. The number of hydrogen-bond acceptors (Lipinski definition) is 6. The summed E-state index contributed by atoms with van der Waals surface area (Å²) in [5.41, 5.74) is 2.37. The maximum absolute atomic E-state index is 11.4. The van der Waals surface area contributed by atoms with Crippen LogP contribution in [0.5, 0.6) is 0 Å². The summed E-state index contributed by atoms with van der Waals surface area (Å²) in [6.45, 7) is -0.647. The van der Waals surface area contributed by atoms with Crippen molar-refractivity contribution < 1.29 is 19.9 Å². The Bertz CT molecular complexity index is 981. The summed E-state index contributed by atoms with van der Waals surface area (Å²) in [4.78, 5) is 22.1. The van der Waals surface area contributed by atoms with E-state index in [2.05, 4.69) is 5.10 Å². The lowest BCUT2D eigenvalue weighted by atomic mass is 9.98. The normalized spacial score (nSPS) is 10.7.